The van der Waals surface area contributed by atoms with Gasteiger partial charge in [0.25, 0.3) is 5.91 Å². The second kappa shape index (κ2) is 8.36. The molecule has 5 nitrogen and oxygen atoms in total. The van der Waals surface area contributed by atoms with E-state index in [0.717, 1.165) is 11.3 Å². The molecule has 1 amide bonds. The number of pyridine rings is 1. The number of nitrogens with one attached hydrogen (secondary N) is 2. The third-order valence-corrected chi connectivity index (χ3v) is 4.14. The lowest BCUT2D eigenvalue weighted by Crippen LogP contribution is -2.24. The van der Waals surface area contributed by atoms with Crippen LogP contribution >= 0.6 is 11.6 Å². The van der Waals surface area contributed by atoms with E-state index in [0.29, 0.717) is 28.6 Å². The van der Waals surface area contributed by atoms with E-state index in [1.807, 2.05) is 42.5 Å². The Morgan fingerprint density at radius 2 is 1.85 bits per heavy atom. The van der Waals surface area contributed by atoms with Crippen molar-refractivity contribution >= 4 is 29.0 Å². The normalized spacial score (nSPS) is 10.2. The summed E-state index contributed by atoms with van der Waals surface area (Å²) < 4.78 is 5.31. The van der Waals surface area contributed by atoms with E-state index in [-0.39, 0.29) is 5.91 Å². The molecule has 0 aliphatic carbocycles. The predicted octanol–water partition coefficient (Wildman–Crippen LogP) is 4.42. The number of carbonyl (C=O) groups excluding carboxylic acids is 1. The molecule has 3 rings (SSSR count). The maximum absolute atomic E-state index is 12.6. The van der Waals surface area contributed by atoms with Crippen LogP contribution < -0.4 is 15.4 Å². The molecule has 26 heavy (non-hydrogen) atoms. The smallest absolute Gasteiger partial charge is 0.255 e. The first-order valence-corrected chi connectivity index (χ1v) is 8.43. The molecular weight excluding hydrogens is 350 g/mol. The van der Waals surface area contributed by atoms with Gasteiger partial charge in [0.1, 0.15) is 11.6 Å². The van der Waals surface area contributed by atoms with Crippen molar-refractivity contribution in [2.45, 2.75) is 6.54 Å². The van der Waals surface area contributed by atoms with E-state index >= 15 is 0 Å². The zero-order valence-electron chi connectivity index (χ0n) is 14.2. The number of benzene rings is 2. The number of amides is 1. The first-order valence-electron chi connectivity index (χ1n) is 8.05. The monoisotopic (exact) mass is 367 g/mol. The number of nitrogens with zero attached hydrogens (tertiary/aromatic N) is 1. The number of aromatic nitrogens is 1. The standard InChI is InChI=1S/C20H18ClN3O2/c1-26-18-11-5-2-7-14(18)13-23-20(25)15-8-6-12-22-19(15)24-17-10-4-3-9-16(17)21/h2-12H,13H2,1H3,(H,22,24)(H,23,25). The molecule has 0 saturated carbocycles. The maximum Gasteiger partial charge on any atom is 0.255 e. The van der Waals surface area contributed by atoms with Crippen molar-refractivity contribution in [3.05, 3.63) is 83.0 Å². The lowest BCUT2D eigenvalue weighted by Gasteiger charge is -2.13. The molecule has 0 radical (unpaired) electrons. The van der Waals surface area contributed by atoms with Gasteiger partial charge in [-0.25, -0.2) is 4.98 Å². The Morgan fingerprint density at radius 1 is 1.08 bits per heavy atom. The van der Waals surface area contributed by atoms with Gasteiger partial charge in [-0.3, -0.25) is 4.79 Å². The summed E-state index contributed by atoms with van der Waals surface area (Å²) in [4.78, 5) is 16.9. The van der Waals surface area contributed by atoms with Crippen molar-refractivity contribution in [3.63, 3.8) is 0 Å². The van der Waals surface area contributed by atoms with Gasteiger partial charge < -0.3 is 15.4 Å². The lowest BCUT2D eigenvalue weighted by atomic mass is 10.2. The summed E-state index contributed by atoms with van der Waals surface area (Å²) in [5.41, 5.74) is 2.02. The van der Waals surface area contributed by atoms with E-state index < -0.39 is 0 Å². The van der Waals surface area contributed by atoms with Crippen molar-refractivity contribution in [1.82, 2.24) is 10.3 Å². The number of para-hydroxylation sites is 2. The Balaban J connectivity index is 1.77. The van der Waals surface area contributed by atoms with Crippen LogP contribution in [0.5, 0.6) is 5.75 Å². The van der Waals surface area contributed by atoms with Crippen molar-refractivity contribution in [2.24, 2.45) is 0 Å². The quantitative estimate of drug-likeness (QED) is 0.677. The number of hydrogen-bond donors (Lipinski definition) is 2. The van der Waals surface area contributed by atoms with Gasteiger partial charge in [-0.2, -0.15) is 0 Å². The lowest BCUT2D eigenvalue weighted by molar-refractivity contribution is 0.0951. The summed E-state index contributed by atoms with van der Waals surface area (Å²) in [6, 6.07) is 18.3. The number of rotatable bonds is 6. The Kier molecular flexibility index (Phi) is 5.71. The Hall–Kier alpha value is -3.05. The third kappa shape index (κ3) is 4.13. The van der Waals surface area contributed by atoms with E-state index in [9.17, 15) is 4.79 Å². The van der Waals surface area contributed by atoms with E-state index in [4.69, 9.17) is 16.3 Å². The number of methoxy groups -OCH3 is 1. The highest BCUT2D eigenvalue weighted by Crippen LogP contribution is 2.25. The minimum Gasteiger partial charge on any atom is -0.496 e. The second-order valence-corrected chi connectivity index (χ2v) is 5.91. The molecule has 132 valence electrons. The highest BCUT2D eigenvalue weighted by atomic mass is 35.5. The Morgan fingerprint density at radius 3 is 2.65 bits per heavy atom. The van der Waals surface area contributed by atoms with Crippen molar-refractivity contribution in [2.75, 3.05) is 12.4 Å². The fraction of sp³-hybridized carbons (Fsp3) is 0.100. The minimum atomic E-state index is -0.237. The highest BCUT2D eigenvalue weighted by Gasteiger charge is 2.14. The molecular formula is C20H18ClN3O2. The zero-order chi connectivity index (χ0) is 18.4. The van der Waals surface area contributed by atoms with Crippen LogP contribution in [0.3, 0.4) is 0 Å². The maximum atomic E-state index is 12.6. The molecule has 0 unspecified atom stereocenters. The van der Waals surface area contributed by atoms with Crippen molar-refractivity contribution in [3.8, 4) is 5.75 Å². The van der Waals surface area contributed by atoms with Gasteiger partial charge in [0.15, 0.2) is 0 Å². The number of hydrogen-bond acceptors (Lipinski definition) is 4. The first kappa shape index (κ1) is 17.8. The SMILES string of the molecule is COc1ccccc1CNC(=O)c1cccnc1Nc1ccccc1Cl. The minimum absolute atomic E-state index is 0.237. The van der Waals surface area contributed by atoms with Crippen LogP contribution in [0, 0.1) is 0 Å². The Labute approximate surface area is 157 Å². The van der Waals surface area contributed by atoms with Crippen LogP contribution in [0.4, 0.5) is 11.5 Å². The van der Waals surface area contributed by atoms with Crippen LogP contribution in [0.15, 0.2) is 66.9 Å². The molecule has 2 N–H and O–H groups in total. The number of anilines is 2. The molecule has 6 heteroatoms. The molecule has 1 aromatic heterocycles. The summed E-state index contributed by atoms with van der Waals surface area (Å²) >= 11 is 6.18. The molecule has 2 aromatic carbocycles. The van der Waals surface area contributed by atoms with Crippen molar-refractivity contribution < 1.29 is 9.53 Å². The topological polar surface area (TPSA) is 63.2 Å². The summed E-state index contributed by atoms with van der Waals surface area (Å²) in [7, 11) is 1.60. The molecule has 0 aliphatic rings. The largest absolute Gasteiger partial charge is 0.496 e. The van der Waals surface area contributed by atoms with Gasteiger partial charge in [-0.1, -0.05) is 41.9 Å². The summed E-state index contributed by atoms with van der Waals surface area (Å²) in [6.45, 7) is 0.350. The van der Waals surface area contributed by atoms with Crippen molar-refractivity contribution in [1.29, 1.82) is 0 Å². The average Bonchev–Trinajstić information content (AvgIpc) is 2.68. The van der Waals surface area contributed by atoms with Crippen LogP contribution in [-0.4, -0.2) is 18.0 Å². The van der Waals surface area contributed by atoms with E-state index in [2.05, 4.69) is 15.6 Å². The molecule has 0 fully saturated rings. The first-order chi connectivity index (χ1) is 12.7. The van der Waals surface area contributed by atoms with E-state index in [1.165, 1.54) is 0 Å². The van der Waals surface area contributed by atoms with Gasteiger partial charge >= 0.3 is 0 Å². The summed E-state index contributed by atoms with van der Waals surface area (Å²) in [5, 5.41) is 6.57. The van der Waals surface area contributed by atoms with E-state index in [1.54, 1.807) is 31.5 Å². The van der Waals surface area contributed by atoms with Gasteiger partial charge in [-0.15, -0.1) is 0 Å². The average molecular weight is 368 g/mol. The summed E-state index contributed by atoms with van der Waals surface area (Å²) in [5.74, 6) is 0.935. The highest BCUT2D eigenvalue weighted by molar-refractivity contribution is 6.33. The van der Waals surface area contributed by atoms with Crippen LogP contribution in [-0.2, 0) is 6.54 Å². The zero-order valence-corrected chi connectivity index (χ0v) is 15.0. The fourth-order valence-corrected chi connectivity index (χ4v) is 2.68. The third-order valence-electron chi connectivity index (χ3n) is 3.81. The predicted molar refractivity (Wildman–Crippen MR) is 103 cm³/mol. The number of carbonyl (C=O) groups is 1. The molecule has 3 aromatic rings. The van der Waals surface area contributed by atoms with Crippen LogP contribution in [0.1, 0.15) is 15.9 Å². The molecule has 0 atom stereocenters. The van der Waals surface area contributed by atoms with Gasteiger partial charge in [0.2, 0.25) is 0 Å². The van der Waals surface area contributed by atoms with Crippen LogP contribution in [0.2, 0.25) is 5.02 Å². The molecule has 0 saturated heterocycles. The number of halogens is 1. The molecule has 0 bridgehead atoms. The van der Waals surface area contributed by atoms with Gasteiger partial charge in [0.05, 0.1) is 23.4 Å². The second-order valence-electron chi connectivity index (χ2n) is 5.50. The van der Waals surface area contributed by atoms with Gasteiger partial charge in [-0.05, 0) is 30.3 Å². The van der Waals surface area contributed by atoms with Crippen LogP contribution in [0.25, 0.3) is 0 Å². The molecule has 0 spiro atoms. The molecule has 1 heterocycles. The number of ether oxygens (including phenoxy) is 1. The summed E-state index contributed by atoms with van der Waals surface area (Å²) in [6.07, 6.45) is 1.62. The molecule has 0 aliphatic heterocycles. The Bertz CT molecular complexity index is 915. The fourth-order valence-electron chi connectivity index (χ4n) is 2.50. The van der Waals surface area contributed by atoms with Gasteiger partial charge in [0, 0.05) is 18.3 Å².